The van der Waals surface area contributed by atoms with E-state index < -0.39 is 0 Å². The van der Waals surface area contributed by atoms with Crippen LogP contribution >= 0.6 is 0 Å². The number of hydrogen-bond donors (Lipinski definition) is 1. The van der Waals surface area contributed by atoms with Gasteiger partial charge in [0, 0.05) is 18.7 Å². The van der Waals surface area contributed by atoms with Crippen LogP contribution in [0.4, 0.5) is 0 Å². The van der Waals surface area contributed by atoms with Crippen molar-refractivity contribution in [1.82, 2.24) is 15.0 Å². The van der Waals surface area contributed by atoms with Gasteiger partial charge in [0.05, 0.1) is 25.4 Å². The Hall–Kier alpha value is -2.60. The molecule has 0 aliphatic rings. The Labute approximate surface area is 122 Å². The SMILES string of the molecule is COc1cc2nnn(-c3ccc(CN)cc3)c2cc1OC. The van der Waals surface area contributed by atoms with Gasteiger partial charge < -0.3 is 15.2 Å². The molecule has 0 bridgehead atoms. The molecular weight excluding hydrogens is 268 g/mol. The zero-order valence-corrected chi connectivity index (χ0v) is 11.9. The number of benzene rings is 2. The minimum atomic E-state index is 0.517. The molecule has 0 saturated heterocycles. The smallest absolute Gasteiger partial charge is 0.163 e. The first-order valence-electron chi connectivity index (χ1n) is 6.53. The number of ether oxygens (including phenoxy) is 2. The summed E-state index contributed by atoms with van der Waals surface area (Å²) in [4.78, 5) is 0. The number of rotatable bonds is 4. The number of aromatic nitrogens is 3. The lowest BCUT2D eigenvalue weighted by Gasteiger charge is -2.08. The molecule has 0 atom stereocenters. The van der Waals surface area contributed by atoms with Crippen molar-refractivity contribution < 1.29 is 9.47 Å². The largest absolute Gasteiger partial charge is 0.493 e. The van der Waals surface area contributed by atoms with Crippen LogP contribution < -0.4 is 15.2 Å². The summed E-state index contributed by atoms with van der Waals surface area (Å²) in [6.07, 6.45) is 0. The molecule has 0 spiro atoms. The molecule has 21 heavy (non-hydrogen) atoms. The maximum absolute atomic E-state index is 5.61. The number of hydrogen-bond acceptors (Lipinski definition) is 5. The lowest BCUT2D eigenvalue weighted by Crippen LogP contribution is -1.99. The summed E-state index contributed by atoms with van der Waals surface area (Å²) in [6, 6.07) is 11.6. The van der Waals surface area contributed by atoms with E-state index in [4.69, 9.17) is 15.2 Å². The van der Waals surface area contributed by atoms with Crippen LogP contribution in [-0.2, 0) is 6.54 Å². The number of nitrogens with zero attached hydrogens (tertiary/aromatic N) is 3. The van der Waals surface area contributed by atoms with Gasteiger partial charge in [-0.3, -0.25) is 0 Å². The second kappa shape index (κ2) is 5.41. The van der Waals surface area contributed by atoms with Crippen molar-refractivity contribution >= 4 is 11.0 Å². The van der Waals surface area contributed by atoms with Gasteiger partial charge in [-0.05, 0) is 17.7 Å². The van der Waals surface area contributed by atoms with Gasteiger partial charge in [0.25, 0.3) is 0 Å². The number of nitrogens with two attached hydrogens (primary N) is 1. The normalized spacial score (nSPS) is 10.8. The first kappa shape index (κ1) is 13.4. The Morgan fingerprint density at radius 1 is 1.05 bits per heavy atom. The highest BCUT2D eigenvalue weighted by atomic mass is 16.5. The third kappa shape index (κ3) is 2.30. The molecule has 0 radical (unpaired) electrons. The van der Waals surface area contributed by atoms with Crippen molar-refractivity contribution in [3.63, 3.8) is 0 Å². The predicted molar refractivity (Wildman–Crippen MR) is 79.9 cm³/mol. The van der Waals surface area contributed by atoms with E-state index in [0.717, 1.165) is 22.3 Å². The molecule has 0 saturated carbocycles. The topological polar surface area (TPSA) is 75.2 Å². The summed E-state index contributed by atoms with van der Waals surface area (Å²) < 4.78 is 12.4. The lowest BCUT2D eigenvalue weighted by atomic mass is 10.2. The summed E-state index contributed by atoms with van der Waals surface area (Å²) in [7, 11) is 3.20. The quantitative estimate of drug-likeness (QED) is 0.792. The zero-order chi connectivity index (χ0) is 14.8. The van der Waals surface area contributed by atoms with Crippen molar-refractivity contribution in [3.8, 4) is 17.2 Å². The second-order valence-corrected chi connectivity index (χ2v) is 4.57. The van der Waals surface area contributed by atoms with Crippen LogP contribution in [0.3, 0.4) is 0 Å². The van der Waals surface area contributed by atoms with Crippen LogP contribution in [0.25, 0.3) is 16.7 Å². The fourth-order valence-electron chi connectivity index (χ4n) is 2.21. The van der Waals surface area contributed by atoms with Gasteiger partial charge >= 0.3 is 0 Å². The van der Waals surface area contributed by atoms with E-state index in [1.54, 1.807) is 18.9 Å². The minimum absolute atomic E-state index is 0.517. The van der Waals surface area contributed by atoms with Crippen LogP contribution in [-0.4, -0.2) is 29.2 Å². The van der Waals surface area contributed by atoms with E-state index in [1.165, 1.54) is 0 Å². The molecule has 2 N–H and O–H groups in total. The molecule has 6 heteroatoms. The molecule has 0 amide bonds. The molecule has 0 unspecified atom stereocenters. The predicted octanol–water partition coefficient (Wildman–Crippen LogP) is 1.90. The molecular formula is C15H16N4O2. The fraction of sp³-hybridized carbons (Fsp3) is 0.200. The van der Waals surface area contributed by atoms with Gasteiger partial charge in [0.2, 0.25) is 0 Å². The average Bonchev–Trinajstić information content (AvgIpc) is 2.96. The molecule has 3 aromatic rings. The number of fused-ring (bicyclic) bond motifs is 1. The van der Waals surface area contributed by atoms with E-state index in [2.05, 4.69) is 10.3 Å². The summed E-state index contributed by atoms with van der Waals surface area (Å²) in [5, 5.41) is 8.37. The molecule has 0 aliphatic carbocycles. The van der Waals surface area contributed by atoms with Crippen LogP contribution in [0.1, 0.15) is 5.56 Å². The van der Waals surface area contributed by atoms with Gasteiger partial charge in [-0.15, -0.1) is 5.10 Å². The first-order chi connectivity index (χ1) is 10.3. The highest BCUT2D eigenvalue weighted by molar-refractivity contribution is 5.80. The third-order valence-corrected chi connectivity index (χ3v) is 3.37. The Bertz CT molecular complexity index is 765. The molecule has 2 aromatic carbocycles. The summed E-state index contributed by atoms with van der Waals surface area (Å²) in [5.74, 6) is 1.28. The van der Waals surface area contributed by atoms with E-state index in [-0.39, 0.29) is 0 Å². The average molecular weight is 284 g/mol. The first-order valence-corrected chi connectivity index (χ1v) is 6.53. The van der Waals surface area contributed by atoms with Crippen LogP contribution in [0.2, 0.25) is 0 Å². The van der Waals surface area contributed by atoms with Crippen molar-refractivity contribution in [2.45, 2.75) is 6.54 Å². The van der Waals surface area contributed by atoms with Gasteiger partial charge in [-0.2, -0.15) is 0 Å². The van der Waals surface area contributed by atoms with Gasteiger partial charge in [-0.1, -0.05) is 17.3 Å². The molecule has 108 valence electrons. The molecule has 0 fully saturated rings. The molecule has 1 aromatic heterocycles. The van der Waals surface area contributed by atoms with E-state index in [9.17, 15) is 0 Å². The fourth-order valence-corrected chi connectivity index (χ4v) is 2.21. The Kier molecular flexibility index (Phi) is 3.45. The Balaban J connectivity index is 2.14. The van der Waals surface area contributed by atoms with Crippen LogP contribution in [0.15, 0.2) is 36.4 Å². The van der Waals surface area contributed by atoms with Crippen LogP contribution in [0, 0.1) is 0 Å². The second-order valence-electron chi connectivity index (χ2n) is 4.57. The standard InChI is InChI=1S/C15H16N4O2/c1-20-14-7-12-13(8-15(14)21-2)19(18-17-12)11-5-3-10(9-16)4-6-11/h3-8H,9,16H2,1-2H3. The van der Waals surface area contributed by atoms with Crippen molar-refractivity contribution in [1.29, 1.82) is 0 Å². The van der Waals surface area contributed by atoms with E-state index in [0.29, 0.717) is 18.0 Å². The molecule has 1 heterocycles. The number of methoxy groups -OCH3 is 2. The van der Waals surface area contributed by atoms with Gasteiger partial charge in [0.1, 0.15) is 5.52 Å². The lowest BCUT2D eigenvalue weighted by molar-refractivity contribution is 0.355. The van der Waals surface area contributed by atoms with E-state index >= 15 is 0 Å². The minimum Gasteiger partial charge on any atom is -0.493 e. The van der Waals surface area contributed by atoms with Crippen molar-refractivity contribution in [3.05, 3.63) is 42.0 Å². The summed E-state index contributed by atoms with van der Waals surface area (Å²) >= 11 is 0. The van der Waals surface area contributed by atoms with Crippen LogP contribution in [0.5, 0.6) is 11.5 Å². The maximum Gasteiger partial charge on any atom is 0.163 e. The highest BCUT2D eigenvalue weighted by Crippen LogP contribution is 2.31. The molecule has 3 rings (SSSR count). The molecule has 6 nitrogen and oxygen atoms in total. The third-order valence-electron chi connectivity index (χ3n) is 3.37. The summed E-state index contributed by atoms with van der Waals surface area (Å²) in [6.45, 7) is 0.517. The van der Waals surface area contributed by atoms with E-state index in [1.807, 2.05) is 36.4 Å². The molecule has 0 aliphatic heterocycles. The summed E-state index contributed by atoms with van der Waals surface area (Å²) in [5.41, 5.74) is 9.20. The van der Waals surface area contributed by atoms with Crippen molar-refractivity contribution in [2.24, 2.45) is 5.73 Å². The monoisotopic (exact) mass is 284 g/mol. The van der Waals surface area contributed by atoms with Gasteiger partial charge in [-0.25, -0.2) is 4.68 Å². The Morgan fingerprint density at radius 2 is 1.71 bits per heavy atom. The van der Waals surface area contributed by atoms with Gasteiger partial charge in [0.15, 0.2) is 11.5 Å². The zero-order valence-electron chi connectivity index (χ0n) is 11.9. The van der Waals surface area contributed by atoms with Crippen molar-refractivity contribution in [2.75, 3.05) is 14.2 Å². The Morgan fingerprint density at radius 3 is 2.33 bits per heavy atom. The maximum atomic E-state index is 5.61. The highest BCUT2D eigenvalue weighted by Gasteiger charge is 2.12.